The van der Waals surface area contributed by atoms with Crippen LogP contribution in [0.1, 0.15) is 59.8 Å². The highest BCUT2D eigenvalue weighted by Gasteiger charge is 2.35. The van der Waals surface area contributed by atoms with Gasteiger partial charge in [-0.2, -0.15) is 0 Å². The van der Waals surface area contributed by atoms with E-state index in [4.69, 9.17) is 18.6 Å². The zero-order valence-corrected chi connectivity index (χ0v) is 21.6. The molecule has 1 atom stereocenters. The van der Waals surface area contributed by atoms with E-state index in [9.17, 15) is 9.59 Å². The topological polar surface area (TPSA) is 90.2 Å². The van der Waals surface area contributed by atoms with E-state index in [1.807, 2.05) is 24.3 Å². The monoisotopic (exact) mass is 506 g/mol. The van der Waals surface area contributed by atoms with Crippen LogP contribution in [0.4, 0.5) is 0 Å². The Morgan fingerprint density at radius 3 is 2.32 bits per heavy atom. The number of benzene rings is 2. The summed E-state index contributed by atoms with van der Waals surface area (Å²) in [6.07, 6.45) is 6.60. The number of methoxy groups -OCH3 is 3. The van der Waals surface area contributed by atoms with Gasteiger partial charge >= 0.3 is 0 Å². The van der Waals surface area contributed by atoms with E-state index in [0.717, 1.165) is 31.2 Å². The van der Waals surface area contributed by atoms with Gasteiger partial charge in [0.25, 0.3) is 5.91 Å². The fourth-order valence-electron chi connectivity index (χ4n) is 4.86. The van der Waals surface area contributed by atoms with Crippen molar-refractivity contribution in [2.24, 2.45) is 0 Å². The largest absolute Gasteiger partial charge is 0.496 e. The standard InChI is InChI=1S/C29H34N2O6/c1-34-23-13-8-7-10-21(23)19-31(29(33)25-14-9-17-37-25)27(28(32)30-22-11-5-4-6-12-22)20-15-16-24(35-2)26(18-20)36-3/h7-10,13-18,22,27H,4-6,11-12,19H2,1-3H3,(H,30,32). The van der Waals surface area contributed by atoms with Crippen molar-refractivity contribution < 1.29 is 28.2 Å². The molecule has 1 unspecified atom stereocenters. The van der Waals surface area contributed by atoms with Crippen LogP contribution in [-0.2, 0) is 11.3 Å². The lowest BCUT2D eigenvalue weighted by atomic mass is 9.94. The van der Waals surface area contributed by atoms with E-state index in [0.29, 0.717) is 22.8 Å². The molecule has 0 radical (unpaired) electrons. The average molecular weight is 507 g/mol. The molecule has 196 valence electrons. The van der Waals surface area contributed by atoms with Crippen molar-refractivity contribution >= 4 is 11.8 Å². The molecular formula is C29H34N2O6. The third-order valence-electron chi connectivity index (χ3n) is 6.76. The van der Waals surface area contributed by atoms with Crippen molar-refractivity contribution in [1.29, 1.82) is 0 Å². The Balaban J connectivity index is 1.80. The number of hydrogen-bond donors (Lipinski definition) is 1. The van der Waals surface area contributed by atoms with Crippen molar-refractivity contribution in [3.63, 3.8) is 0 Å². The summed E-state index contributed by atoms with van der Waals surface area (Å²) in [5.74, 6) is 1.11. The minimum atomic E-state index is -0.954. The highest BCUT2D eigenvalue weighted by molar-refractivity contribution is 5.96. The first-order valence-corrected chi connectivity index (χ1v) is 12.5. The first-order chi connectivity index (χ1) is 18.0. The summed E-state index contributed by atoms with van der Waals surface area (Å²) >= 11 is 0. The van der Waals surface area contributed by atoms with Crippen LogP contribution in [-0.4, -0.2) is 44.1 Å². The number of nitrogens with zero attached hydrogens (tertiary/aromatic N) is 1. The summed E-state index contributed by atoms with van der Waals surface area (Å²) in [5, 5.41) is 3.21. The lowest BCUT2D eigenvalue weighted by Crippen LogP contribution is -2.46. The van der Waals surface area contributed by atoms with Crippen LogP contribution >= 0.6 is 0 Å². The summed E-state index contributed by atoms with van der Waals surface area (Å²) in [4.78, 5) is 29.4. The molecule has 8 heteroatoms. The number of ether oxygens (including phenoxy) is 3. The van der Waals surface area contributed by atoms with Crippen LogP contribution < -0.4 is 19.5 Å². The number of nitrogens with one attached hydrogen (secondary N) is 1. The third kappa shape index (κ3) is 6.07. The molecule has 2 amide bonds. The molecule has 1 aliphatic carbocycles. The molecule has 0 saturated heterocycles. The van der Waals surface area contributed by atoms with Gasteiger partial charge in [0.15, 0.2) is 17.3 Å². The predicted molar refractivity (Wildman–Crippen MR) is 139 cm³/mol. The Hall–Kier alpha value is -3.94. The Bertz CT molecular complexity index is 1190. The van der Waals surface area contributed by atoms with Crippen LogP contribution in [0.15, 0.2) is 65.3 Å². The van der Waals surface area contributed by atoms with Gasteiger partial charge in [0.2, 0.25) is 5.91 Å². The van der Waals surface area contributed by atoms with Crippen LogP contribution in [0.3, 0.4) is 0 Å². The molecule has 1 aliphatic rings. The maximum Gasteiger partial charge on any atom is 0.290 e. The molecular weight excluding hydrogens is 472 g/mol. The van der Waals surface area contributed by atoms with E-state index in [1.165, 1.54) is 17.6 Å². The van der Waals surface area contributed by atoms with Crippen LogP contribution in [0.2, 0.25) is 0 Å². The van der Waals surface area contributed by atoms with Gasteiger partial charge in [-0.15, -0.1) is 0 Å². The molecule has 1 fully saturated rings. The molecule has 1 aromatic heterocycles. The van der Waals surface area contributed by atoms with Crippen molar-refractivity contribution in [2.45, 2.75) is 50.7 Å². The van der Waals surface area contributed by atoms with Gasteiger partial charge in [0.1, 0.15) is 11.8 Å². The quantitative estimate of drug-likeness (QED) is 0.410. The van der Waals surface area contributed by atoms with Gasteiger partial charge in [-0.05, 0) is 48.7 Å². The molecule has 2 aromatic carbocycles. The second-order valence-electron chi connectivity index (χ2n) is 9.08. The second kappa shape index (κ2) is 12.3. The Morgan fingerprint density at radius 2 is 1.65 bits per heavy atom. The smallest absolute Gasteiger partial charge is 0.290 e. The Kier molecular flexibility index (Phi) is 8.72. The molecule has 3 aromatic rings. The lowest BCUT2D eigenvalue weighted by Gasteiger charge is -2.33. The summed E-state index contributed by atoms with van der Waals surface area (Å²) < 4.78 is 22.0. The second-order valence-corrected chi connectivity index (χ2v) is 9.08. The maximum atomic E-state index is 14.0. The van der Waals surface area contributed by atoms with Gasteiger partial charge in [0.05, 0.1) is 34.1 Å². The number of amides is 2. The minimum Gasteiger partial charge on any atom is -0.496 e. The molecule has 0 aliphatic heterocycles. The van der Waals surface area contributed by atoms with Gasteiger partial charge in [-0.25, -0.2) is 0 Å². The molecule has 1 heterocycles. The minimum absolute atomic E-state index is 0.0655. The van der Waals surface area contributed by atoms with E-state index >= 15 is 0 Å². The van der Waals surface area contributed by atoms with Crippen molar-refractivity contribution in [3.05, 3.63) is 77.7 Å². The summed E-state index contributed by atoms with van der Waals surface area (Å²) in [7, 11) is 4.68. The predicted octanol–water partition coefficient (Wildman–Crippen LogP) is 5.14. The number of furan rings is 1. The molecule has 1 N–H and O–H groups in total. The summed E-state index contributed by atoms with van der Waals surface area (Å²) in [5.41, 5.74) is 1.36. The zero-order valence-electron chi connectivity index (χ0n) is 21.6. The molecule has 37 heavy (non-hydrogen) atoms. The number of hydrogen-bond acceptors (Lipinski definition) is 6. The number of carbonyl (C=O) groups is 2. The van der Waals surface area contributed by atoms with Crippen molar-refractivity contribution in [2.75, 3.05) is 21.3 Å². The maximum absolute atomic E-state index is 14.0. The number of para-hydroxylation sites is 1. The first kappa shape index (κ1) is 26.1. The molecule has 0 bridgehead atoms. The van der Waals surface area contributed by atoms with E-state index in [-0.39, 0.29) is 24.3 Å². The molecule has 4 rings (SSSR count). The Morgan fingerprint density at radius 1 is 0.919 bits per heavy atom. The molecule has 0 spiro atoms. The van der Waals surface area contributed by atoms with Crippen molar-refractivity contribution in [3.8, 4) is 17.2 Å². The fraction of sp³-hybridized carbons (Fsp3) is 0.379. The zero-order chi connectivity index (χ0) is 26.2. The normalized spacial score (nSPS) is 14.5. The van der Waals surface area contributed by atoms with E-state index < -0.39 is 11.9 Å². The van der Waals surface area contributed by atoms with Crippen LogP contribution in [0, 0.1) is 0 Å². The number of carbonyl (C=O) groups excluding carboxylic acids is 2. The molecule has 8 nitrogen and oxygen atoms in total. The Labute approximate surface area is 217 Å². The van der Waals surface area contributed by atoms with Gasteiger partial charge in [-0.3, -0.25) is 9.59 Å². The van der Waals surface area contributed by atoms with Crippen LogP contribution in [0.5, 0.6) is 17.2 Å². The average Bonchev–Trinajstić information content (AvgIpc) is 3.48. The fourth-order valence-corrected chi connectivity index (χ4v) is 4.86. The van der Waals surface area contributed by atoms with Crippen molar-refractivity contribution in [1.82, 2.24) is 10.2 Å². The number of rotatable bonds is 10. The summed E-state index contributed by atoms with van der Waals surface area (Å²) in [6.45, 7) is 0.126. The third-order valence-corrected chi connectivity index (χ3v) is 6.76. The first-order valence-electron chi connectivity index (χ1n) is 12.5. The highest BCUT2D eigenvalue weighted by Crippen LogP contribution is 2.35. The molecule has 1 saturated carbocycles. The van der Waals surface area contributed by atoms with Gasteiger partial charge in [-0.1, -0.05) is 43.5 Å². The SMILES string of the molecule is COc1ccccc1CN(C(=O)c1ccco1)C(C(=O)NC1CCCCC1)c1ccc(OC)c(OC)c1. The van der Waals surface area contributed by atoms with Crippen LogP contribution in [0.25, 0.3) is 0 Å². The highest BCUT2D eigenvalue weighted by atomic mass is 16.5. The van der Waals surface area contributed by atoms with E-state index in [2.05, 4.69) is 5.32 Å². The summed E-state index contributed by atoms with van der Waals surface area (Å²) in [6, 6.07) is 15.1. The van der Waals surface area contributed by atoms with Gasteiger partial charge < -0.3 is 28.8 Å². The van der Waals surface area contributed by atoms with Gasteiger partial charge in [0, 0.05) is 11.6 Å². The van der Waals surface area contributed by atoms with E-state index in [1.54, 1.807) is 51.7 Å². The lowest BCUT2D eigenvalue weighted by molar-refractivity contribution is -0.127.